The van der Waals surface area contributed by atoms with Crippen LogP contribution in [-0.4, -0.2) is 37.6 Å². The highest BCUT2D eigenvalue weighted by atomic mass is 19.4. The lowest BCUT2D eigenvalue weighted by atomic mass is 10.1. The van der Waals surface area contributed by atoms with E-state index in [1.807, 2.05) is 6.92 Å². The Labute approximate surface area is 138 Å². The number of hydrogen-bond donors (Lipinski definition) is 2. The fourth-order valence-corrected chi connectivity index (χ4v) is 2.52. The van der Waals surface area contributed by atoms with Gasteiger partial charge in [0.1, 0.15) is 5.75 Å². The van der Waals surface area contributed by atoms with E-state index in [9.17, 15) is 18.0 Å². The Kier molecular flexibility index (Phi) is 5.93. The minimum absolute atomic E-state index is 0.0155. The third kappa shape index (κ3) is 5.30. The minimum atomic E-state index is -4.41. The van der Waals surface area contributed by atoms with Crippen molar-refractivity contribution in [2.45, 2.75) is 45.0 Å². The van der Waals surface area contributed by atoms with Gasteiger partial charge in [0, 0.05) is 17.9 Å². The molecule has 1 fully saturated rings. The van der Waals surface area contributed by atoms with E-state index in [-0.39, 0.29) is 17.9 Å². The second-order valence-corrected chi connectivity index (χ2v) is 5.77. The van der Waals surface area contributed by atoms with Crippen LogP contribution < -0.4 is 15.4 Å². The van der Waals surface area contributed by atoms with E-state index in [1.54, 1.807) is 13.0 Å². The Balaban J connectivity index is 1.95. The van der Waals surface area contributed by atoms with Crippen LogP contribution in [0.1, 0.15) is 25.3 Å². The molecule has 2 amide bonds. The molecule has 1 aromatic rings. The van der Waals surface area contributed by atoms with Crippen LogP contribution in [0.5, 0.6) is 5.75 Å². The number of rotatable bonds is 5. The molecule has 134 valence electrons. The molecule has 0 unspecified atom stereocenters. The van der Waals surface area contributed by atoms with Crippen molar-refractivity contribution in [3.05, 3.63) is 23.8 Å². The standard InChI is InChI=1S/C16H21F3N2O3/c1-10-12(5-3-6-13(10)24-9-16(17,18)19)21-15(22)20-11(2)14-7-4-8-23-14/h3,5-6,11,14H,4,7-9H2,1-2H3,(H2,20,21,22)/t11-,14+/m0/s1. The fraction of sp³-hybridized carbons (Fsp3) is 0.562. The van der Waals surface area contributed by atoms with Gasteiger partial charge in [-0.1, -0.05) is 6.07 Å². The summed E-state index contributed by atoms with van der Waals surface area (Å²) in [5.41, 5.74) is 0.827. The van der Waals surface area contributed by atoms with E-state index < -0.39 is 18.8 Å². The maximum Gasteiger partial charge on any atom is 0.422 e. The predicted octanol–water partition coefficient (Wildman–Crippen LogP) is 3.63. The summed E-state index contributed by atoms with van der Waals surface area (Å²) in [5, 5.41) is 5.41. The minimum Gasteiger partial charge on any atom is -0.484 e. The van der Waals surface area contributed by atoms with Gasteiger partial charge in [-0.15, -0.1) is 0 Å². The van der Waals surface area contributed by atoms with Crippen molar-refractivity contribution >= 4 is 11.7 Å². The number of halogens is 3. The third-order valence-corrected chi connectivity index (χ3v) is 3.80. The van der Waals surface area contributed by atoms with Gasteiger partial charge in [0.25, 0.3) is 0 Å². The number of carbonyl (C=O) groups excluding carboxylic acids is 1. The van der Waals surface area contributed by atoms with Crippen molar-refractivity contribution in [1.29, 1.82) is 0 Å². The first-order valence-corrected chi connectivity index (χ1v) is 7.74. The quantitative estimate of drug-likeness (QED) is 0.856. The normalized spacial score (nSPS) is 19.0. The second kappa shape index (κ2) is 7.74. The van der Waals surface area contributed by atoms with Crippen LogP contribution in [0.15, 0.2) is 18.2 Å². The lowest BCUT2D eigenvalue weighted by molar-refractivity contribution is -0.153. The number of alkyl halides is 3. The summed E-state index contributed by atoms with van der Waals surface area (Å²) in [4.78, 5) is 12.1. The number of urea groups is 1. The first kappa shape index (κ1) is 18.4. The molecule has 0 spiro atoms. The molecular weight excluding hydrogens is 325 g/mol. The molecule has 2 rings (SSSR count). The van der Waals surface area contributed by atoms with Crippen LogP contribution in [0.2, 0.25) is 0 Å². The monoisotopic (exact) mass is 346 g/mol. The summed E-state index contributed by atoms with van der Waals surface area (Å²) in [6.07, 6.45) is -2.57. The second-order valence-electron chi connectivity index (χ2n) is 5.77. The van der Waals surface area contributed by atoms with Crippen molar-refractivity contribution in [2.75, 3.05) is 18.5 Å². The average molecular weight is 346 g/mol. The number of carbonyl (C=O) groups is 1. The van der Waals surface area contributed by atoms with Gasteiger partial charge in [0.05, 0.1) is 12.1 Å². The SMILES string of the molecule is Cc1c(NC(=O)N[C@@H](C)[C@H]2CCCO2)cccc1OCC(F)(F)F. The van der Waals surface area contributed by atoms with Crippen LogP contribution >= 0.6 is 0 Å². The van der Waals surface area contributed by atoms with Crippen LogP contribution in [0, 0.1) is 6.92 Å². The van der Waals surface area contributed by atoms with Crippen LogP contribution in [0.4, 0.5) is 23.7 Å². The molecule has 1 heterocycles. The van der Waals surface area contributed by atoms with Crippen LogP contribution in [0.25, 0.3) is 0 Å². The number of hydrogen-bond acceptors (Lipinski definition) is 3. The summed E-state index contributed by atoms with van der Waals surface area (Å²) in [6.45, 7) is 2.76. The van der Waals surface area contributed by atoms with E-state index in [0.717, 1.165) is 12.8 Å². The molecule has 0 radical (unpaired) electrons. The first-order valence-electron chi connectivity index (χ1n) is 7.74. The van der Waals surface area contributed by atoms with E-state index in [2.05, 4.69) is 10.6 Å². The molecule has 24 heavy (non-hydrogen) atoms. The average Bonchev–Trinajstić information content (AvgIpc) is 3.01. The molecular formula is C16H21F3N2O3. The molecule has 0 aliphatic carbocycles. The van der Waals surface area contributed by atoms with Crippen molar-refractivity contribution in [3.8, 4) is 5.75 Å². The zero-order valence-corrected chi connectivity index (χ0v) is 13.6. The number of amides is 2. The van der Waals surface area contributed by atoms with Gasteiger partial charge in [-0.05, 0) is 38.8 Å². The summed E-state index contributed by atoms with van der Waals surface area (Å²) in [5.74, 6) is 0.0808. The van der Waals surface area contributed by atoms with Gasteiger partial charge in [-0.2, -0.15) is 13.2 Å². The Hall–Kier alpha value is -1.96. The molecule has 0 bridgehead atoms. The van der Waals surface area contributed by atoms with E-state index >= 15 is 0 Å². The summed E-state index contributed by atoms with van der Waals surface area (Å²) < 4.78 is 47.0. The molecule has 1 aliphatic rings. The molecule has 5 nitrogen and oxygen atoms in total. The molecule has 1 aromatic carbocycles. The zero-order valence-electron chi connectivity index (χ0n) is 13.6. The van der Waals surface area contributed by atoms with Gasteiger partial charge in [-0.3, -0.25) is 0 Å². The highest BCUT2D eigenvalue weighted by molar-refractivity contribution is 5.90. The predicted molar refractivity (Wildman–Crippen MR) is 83.3 cm³/mol. The molecule has 1 aliphatic heterocycles. The summed E-state index contributed by atoms with van der Waals surface area (Å²) in [7, 11) is 0. The third-order valence-electron chi connectivity index (χ3n) is 3.80. The van der Waals surface area contributed by atoms with Gasteiger partial charge < -0.3 is 20.1 Å². The van der Waals surface area contributed by atoms with Gasteiger partial charge >= 0.3 is 12.2 Å². The smallest absolute Gasteiger partial charge is 0.422 e. The Morgan fingerprint density at radius 3 is 2.83 bits per heavy atom. The highest BCUT2D eigenvalue weighted by Gasteiger charge is 2.29. The molecule has 0 aromatic heterocycles. The topological polar surface area (TPSA) is 59.6 Å². The number of nitrogens with one attached hydrogen (secondary N) is 2. The molecule has 1 saturated heterocycles. The Morgan fingerprint density at radius 1 is 1.46 bits per heavy atom. The van der Waals surface area contributed by atoms with Gasteiger partial charge in [0.2, 0.25) is 0 Å². The van der Waals surface area contributed by atoms with Crippen molar-refractivity contribution < 1.29 is 27.4 Å². The van der Waals surface area contributed by atoms with E-state index in [1.165, 1.54) is 12.1 Å². The van der Waals surface area contributed by atoms with Crippen molar-refractivity contribution in [2.24, 2.45) is 0 Å². The fourth-order valence-electron chi connectivity index (χ4n) is 2.52. The molecule has 0 saturated carbocycles. The largest absolute Gasteiger partial charge is 0.484 e. The van der Waals surface area contributed by atoms with E-state index in [4.69, 9.17) is 9.47 Å². The van der Waals surface area contributed by atoms with Gasteiger partial charge in [-0.25, -0.2) is 4.79 Å². The van der Waals surface area contributed by atoms with Crippen molar-refractivity contribution in [1.82, 2.24) is 5.32 Å². The number of benzene rings is 1. The zero-order chi connectivity index (χ0) is 17.7. The maximum absolute atomic E-state index is 12.3. The lowest BCUT2D eigenvalue weighted by Gasteiger charge is -2.21. The Bertz CT molecular complexity index is 572. The number of anilines is 1. The Morgan fingerprint density at radius 2 is 2.21 bits per heavy atom. The van der Waals surface area contributed by atoms with Gasteiger partial charge in [0.15, 0.2) is 6.61 Å². The maximum atomic E-state index is 12.3. The summed E-state index contributed by atoms with van der Waals surface area (Å²) >= 11 is 0. The summed E-state index contributed by atoms with van der Waals surface area (Å²) in [6, 6.07) is 3.97. The van der Waals surface area contributed by atoms with Crippen LogP contribution in [0.3, 0.4) is 0 Å². The molecule has 2 N–H and O–H groups in total. The molecule has 2 atom stereocenters. The highest BCUT2D eigenvalue weighted by Crippen LogP contribution is 2.27. The van der Waals surface area contributed by atoms with Crippen molar-refractivity contribution in [3.63, 3.8) is 0 Å². The van der Waals surface area contributed by atoms with Crippen LogP contribution in [-0.2, 0) is 4.74 Å². The number of ether oxygens (including phenoxy) is 2. The molecule has 8 heteroatoms. The van der Waals surface area contributed by atoms with E-state index in [0.29, 0.717) is 17.9 Å². The lowest BCUT2D eigenvalue weighted by Crippen LogP contribution is -2.43. The first-order chi connectivity index (χ1) is 11.3.